The van der Waals surface area contributed by atoms with Crippen LogP contribution < -0.4 is 5.32 Å². The fourth-order valence-corrected chi connectivity index (χ4v) is 3.70. The van der Waals surface area contributed by atoms with Gasteiger partial charge in [-0.05, 0) is 37.1 Å². The molecular weight excluding hydrogens is 232 g/mol. The van der Waals surface area contributed by atoms with E-state index in [4.69, 9.17) is 0 Å². The van der Waals surface area contributed by atoms with Crippen molar-refractivity contribution in [3.05, 3.63) is 0 Å². The van der Waals surface area contributed by atoms with Gasteiger partial charge in [0.1, 0.15) is 0 Å². The monoisotopic (exact) mass is 266 g/mol. The van der Waals surface area contributed by atoms with E-state index in [1.54, 1.807) is 0 Å². The van der Waals surface area contributed by atoms with Crippen LogP contribution in [0.5, 0.6) is 0 Å². The lowest BCUT2D eigenvalue weighted by atomic mass is 9.86. The number of rotatable bonds is 3. The van der Waals surface area contributed by atoms with Crippen molar-refractivity contribution in [3.8, 4) is 0 Å². The van der Waals surface area contributed by atoms with Crippen LogP contribution in [0.4, 0.5) is 0 Å². The van der Waals surface area contributed by atoms with Crippen LogP contribution in [-0.4, -0.2) is 36.1 Å². The molecular formula is C17H34N2. The fourth-order valence-electron chi connectivity index (χ4n) is 3.70. The molecule has 1 aliphatic heterocycles. The molecule has 1 N–H and O–H groups in total. The Balaban J connectivity index is 2.03. The van der Waals surface area contributed by atoms with E-state index in [1.807, 2.05) is 0 Å². The van der Waals surface area contributed by atoms with Crippen molar-refractivity contribution in [1.82, 2.24) is 10.2 Å². The molecule has 0 amide bonds. The maximum atomic E-state index is 3.84. The number of hydrogen-bond acceptors (Lipinski definition) is 2. The van der Waals surface area contributed by atoms with Crippen molar-refractivity contribution in [3.63, 3.8) is 0 Å². The molecule has 1 aliphatic carbocycles. The van der Waals surface area contributed by atoms with E-state index in [2.05, 4.69) is 44.8 Å². The summed E-state index contributed by atoms with van der Waals surface area (Å²) in [7, 11) is 0. The third-order valence-corrected chi connectivity index (χ3v) is 5.25. The third-order valence-electron chi connectivity index (χ3n) is 5.25. The smallest absolute Gasteiger partial charge is 0.0334 e. The maximum absolute atomic E-state index is 3.84. The van der Waals surface area contributed by atoms with Gasteiger partial charge in [0.05, 0.1) is 0 Å². The molecule has 2 fully saturated rings. The molecule has 0 radical (unpaired) electrons. The number of hydrogen-bond donors (Lipinski definition) is 1. The van der Waals surface area contributed by atoms with E-state index in [1.165, 1.54) is 51.7 Å². The van der Waals surface area contributed by atoms with Crippen molar-refractivity contribution in [2.24, 2.45) is 11.3 Å². The second kappa shape index (κ2) is 5.73. The zero-order valence-corrected chi connectivity index (χ0v) is 13.8. The molecule has 0 aromatic rings. The maximum Gasteiger partial charge on any atom is 0.0334 e. The molecule has 1 heterocycles. The molecule has 0 aromatic carbocycles. The van der Waals surface area contributed by atoms with E-state index in [-0.39, 0.29) is 0 Å². The first kappa shape index (κ1) is 15.3. The Bertz CT molecular complexity index is 284. The topological polar surface area (TPSA) is 15.3 Å². The second-order valence-electron chi connectivity index (χ2n) is 8.42. The summed E-state index contributed by atoms with van der Waals surface area (Å²) in [5.41, 5.74) is 0.953. The third kappa shape index (κ3) is 3.72. The van der Waals surface area contributed by atoms with Crippen LogP contribution >= 0.6 is 0 Å². The van der Waals surface area contributed by atoms with Gasteiger partial charge in [-0.1, -0.05) is 47.5 Å². The Kier molecular flexibility index (Phi) is 4.62. The van der Waals surface area contributed by atoms with Gasteiger partial charge in [-0.3, -0.25) is 4.90 Å². The molecule has 19 heavy (non-hydrogen) atoms. The van der Waals surface area contributed by atoms with Gasteiger partial charge in [0, 0.05) is 24.7 Å². The summed E-state index contributed by atoms with van der Waals surface area (Å²) in [6.07, 6.45) is 7.00. The van der Waals surface area contributed by atoms with Crippen molar-refractivity contribution >= 4 is 0 Å². The molecule has 1 spiro atoms. The van der Waals surface area contributed by atoms with Crippen LogP contribution in [0.1, 0.15) is 66.7 Å². The minimum atomic E-state index is 0.456. The molecule has 0 aromatic heterocycles. The van der Waals surface area contributed by atoms with Crippen LogP contribution in [0.15, 0.2) is 0 Å². The zero-order valence-electron chi connectivity index (χ0n) is 13.8. The summed E-state index contributed by atoms with van der Waals surface area (Å²) in [5, 5.41) is 3.84. The predicted octanol–water partition coefficient (Wildman–Crippen LogP) is 3.67. The molecule has 2 heteroatoms. The molecule has 2 nitrogen and oxygen atoms in total. The lowest BCUT2D eigenvalue weighted by molar-refractivity contribution is 0.0251. The molecule has 112 valence electrons. The van der Waals surface area contributed by atoms with E-state index in [0.29, 0.717) is 17.0 Å². The zero-order chi connectivity index (χ0) is 14.1. The molecule has 1 atom stereocenters. The van der Waals surface area contributed by atoms with Gasteiger partial charge in [-0.2, -0.15) is 0 Å². The first-order chi connectivity index (χ1) is 8.82. The van der Waals surface area contributed by atoms with Crippen LogP contribution in [0.25, 0.3) is 0 Å². The Morgan fingerprint density at radius 3 is 2.37 bits per heavy atom. The summed E-state index contributed by atoms with van der Waals surface area (Å²) in [6, 6.07) is 0.686. The van der Waals surface area contributed by atoms with Crippen LogP contribution in [0.2, 0.25) is 0 Å². The standard InChI is InChI=1S/C17H34N2/c1-14(2)15-12-19(11-10-16(3,4)5)17(13-18-15)8-6-7-9-17/h14-15,18H,6-13H2,1-5H3. The Morgan fingerprint density at radius 2 is 1.84 bits per heavy atom. The minimum absolute atomic E-state index is 0.456. The van der Waals surface area contributed by atoms with Gasteiger partial charge in [-0.15, -0.1) is 0 Å². The van der Waals surface area contributed by atoms with Gasteiger partial charge in [0.2, 0.25) is 0 Å². The SMILES string of the molecule is CC(C)C1CN(CCC(C)(C)C)C2(CCCC2)CN1. The Morgan fingerprint density at radius 1 is 1.21 bits per heavy atom. The molecule has 1 saturated carbocycles. The highest BCUT2D eigenvalue weighted by Crippen LogP contribution is 2.38. The summed E-state index contributed by atoms with van der Waals surface area (Å²) in [5.74, 6) is 0.746. The van der Waals surface area contributed by atoms with Crippen molar-refractivity contribution < 1.29 is 0 Å². The normalized spacial score (nSPS) is 28.4. The van der Waals surface area contributed by atoms with Crippen LogP contribution in [0, 0.1) is 11.3 Å². The summed E-state index contributed by atoms with van der Waals surface area (Å²) in [6.45, 7) is 15.6. The van der Waals surface area contributed by atoms with Crippen molar-refractivity contribution in [1.29, 1.82) is 0 Å². The quantitative estimate of drug-likeness (QED) is 0.838. The van der Waals surface area contributed by atoms with E-state index >= 15 is 0 Å². The largest absolute Gasteiger partial charge is 0.311 e. The van der Waals surface area contributed by atoms with Crippen molar-refractivity contribution in [2.75, 3.05) is 19.6 Å². The van der Waals surface area contributed by atoms with Gasteiger partial charge >= 0.3 is 0 Å². The second-order valence-corrected chi connectivity index (χ2v) is 8.42. The lowest BCUT2D eigenvalue weighted by Crippen LogP contribution is -2.64. The minimum Gasteiger partial charge on any atom is -0.311 e. The first-order valence-corrected chi connectivity index (χ1v) is 8.31. The summed E-state index contributed by atoms with van der Waals surface area (Å²) >= 11 is 0. The van der Waals surface area contributed by atoms with Crippen LogP contribution in [-0.2, 0) is 0 Å². The Labute approximate surface area is 120 Å². The fraction of sp³-hybridized carbons (Fsp3) is 1.00. The lowest BCUT2D eigenvalue weighted by Gasteiger charge is -2.50. The van der Waals surface area contributed by atoms with E-state index in [0.717, 1.165) is 5.92 Å². The number of piperazine rings is 1. The van der Waals surface area contributed by atoms with E-state index in [9.17, 15) is 0 Å². The summed E-state index contributed by atoms with van der Waals surface area (Å²) in [4.78, 5) is 2.85. The molecule has 1 saturated heterocycles. The van der Waals surface area contributed by atoms with Crippen LogP contribution in [0.3, 0.4) is 0 Å². The highest BCUT2D eigenvalue weighted by atomic mass is 15.3. The molecule has 1 unspecified atom stereocenters. The van der Waals surface area contributed by atoms with Gasteiger partial charge in [0.25, 0.3) is 0 Å². The van der Waals surface area contributed by atoms with Crippen molar-refractivity contribution in [2.45, 2.75) is 78.3 Å². The van der Waals surface area contributed by atoms with Gasteiger partial charge in [0.15, 0.2) is 0 Å². The predicted molar refractivity (Wildman–Crippen MR) is 83.5 cm³/mol. The summed E-state index contributed by atoms with van der Waals surface area (Å²) < 4.78 is 0. The van der Waals surface area contributed by atoms with Gasteiger partial charge in [-0.25, -0.2) is 0 Å². The van der Waals surface area contributed by atoms with Gasteiger partial charge < -0.3 is 5.32 Å². The highest BCUT2D eigenvalue weighted by Gasteiger charge is 2.43. The average molecular weight is 266 g/mol. The Hall–Kier alpha value is -0.0800. The number of nitrogens with one attached hydrogen (secondary N) is 1. The molecule has 2 rings (SSSR count). The average Bonchev–Trinajstić information content (AvgIpc) is 2.76. The molecule has 2 aliphatic rings. The highest BCUT2D eigenvalue weighted by molar-refractivity contribution is 5.02. The first-order valence-electron chi connectivity index (χ1n) is 8.31. The number of nitrogens with zero attached hydrogens (tertiary/aromatic N) is 1. The van der Waals surface area contributed by atoms with E-state index < -0.39 is 0 Å². The molecule has 0 bridgehead atoms.